The van der Waals surface area contributed by atoms with Gasteiger partial charge in [-0.3, -0.25) is 0 Å². The van der Waals surface area contributed by atoms with Crippen molar-refractivity contribution in [3.8, 4) is 0 Å². The third-order valence-electron chi connectivity index (χ3n) is 0.766. The van der Waals surface area contributed by atoms with Gasteiger partial charge < -0.3 is 4.55 Å². The predicted molar refractivity (Wildman–Crippen MR) is 30.0 cm³/mol. The van der Waals surface area contributed by atoms with Crippen molar-refractivity contribution in [1.82, 2.24) is 9.97 Å². The molecule has 54 valence electrons. The molecule has 1 heterocycles. The Morgan fingerprint density at radius 2 is 1.73 bits per heavy atom. The van der Waals surface area contributed by atoms with E-state index in [4.69, 9.17) is 0 Å². The number of nitrogens with zero attached hydrogens (tertiary/aromatic N) is 2. The van der Waals surface area contributed by atoms with Crippen molar-refractivity contribution in [3.63, 3.8) is 0 Å². The van der Waals surface area contributed by atoms with Gasteiger partial charge in [-0.1, -0.05) is 0 Å². The van der Waals surface area contributed by atoms with E-state index in [1.54, 1.807) is 0 Å². The van der Waals surface area contributed by atoms with E-state index < -0.39 is 15.3 Å². The average Bonchev–Trinajstić information content (AvgIpc) is 1.88. The van der Waals surface area contributed by atoms with Gasteiger partial charge in [0, 0.05) is 12.4 Å². The Morgan fingerprint density at radius 3 is 2.00 bits per heavy atom. The summed E-state index contributed by atoms with van der Waals surface area (Å²) in [4.78, 5) is 6.48. The average molecular weight is 182 g/mol. The molecule has 0 atom stereocenters. The van der Waals surface area contributed by atoms with Gasteiger partial charge in [0.2, 0.25) is 5.16 Å². The van der Waals surface area contributed by atoms with Crippen LogP contribution in [0.1, 0.15) is 0 Å². The molecule has 0 N–H and O–H groups in total. The zero-order valence-electron chi connectivity index (χ0n) is 5.76. The van der Waals surface area contributed by atoms with Gasteiger partial charge >= 0.3 is 29.6 Å². The van der Waals surface area contributed by atoms with Crippen LogP contribution in [0.4, 0.5) is 0 Å². The Morgan fingerprint density at radius 1 is 1.27 bits per heavy atom. The first-order valence-electron chi connectivity index (χ1n) is 2.33. The summed E-state index contributed by atoms with van der Waals surface area (Å²) in [5.41, 5.74) is 0. The van der Waals surface area contributed by atoms with Crippen LogP contribution in [0.15, 0.2) is 23.6 Å². The predicted octanol–water partition coefficient (Wildman–Crippen LogP) is -3.62. The number of rotatable bonds is 1. The molecule has 0 radical (unpaired) electrons. The molecule has 0 aliphatic heterocycles. The molecule has 1 rings (SSSR count). The van der Waals surface area contributed by atoms with Crippen LogP contribution in [0.5, 0.6) is 0 Å². The summed E-state index contributed by atoms with van der Waals surface area (Å²) in [6.07, 6.45) is 2.38. The molecule has 0 saturated heterocycles. The van der Waals surface area contributed by atoms with Gasteiger partial charge in [-0.05, 0) is 6.07 Å². The summed E-state index contributed by atoms with van der Waals surface area (Å²) in [5.74, 6) is 0. The van der Waals surface area contributed by atoms with Gasteiger partial charge in [-0.25, -0.2) is 18.4 Å². The Balaban J connectivity index is 0.000001000. The molecule has 0 spiro atoms. The van der Waals surface area contributed by atoms with E-state index in [9.17, 15) is 13.0 Å². The van der Waals surface area contributed by atoms with Crippen LogP contribution >= 0.6 is 0 Å². The van der Waals surface area contributed by atoms with Gasteiger partial charge in [-0.2, -0.15) is 0 Å². The van der Waals surface area contributed by atoms with Crippen LogP contribution in [-0.2, 0) is 10.1 Å². The maximum atomic E-state index is 10.2. The molecule has 0 amide bonds. The van der Waals surface area contributed by atoms with E-state index in [-0.39, 0.29) is 29.6 Å². The Bertz CT molecular complexity index is 311. The maximum absolute atomic E-state index is 10.2. The molecule has 1 aromatic heterocycles. The molecular weight excluding hydrogens is 179 g/mol. The van der Waals surface area contributed by atoms with E-state index in [0.29, 0.717) is 0 Å². The Kier molecular flexibility index (Phi) is 4.12. The van der Waals surface area contributed by atoms with Gasteiger partial charge in [0.25, 0.3) is 0 Å². The molecule has 0 unspecified atom stereocenters. The molecule has 0 saturated carbocycles. The van der Waals surface area contributed by atoms with Crippen LogP contribution in [0, 0.1) is 0 Å². The van der Waals surface area contributed by atoms with Gasteiger partial charge in [0.05, 0.1) is 0 Å². The quantitative estimate of drug-likeness (QED) is 0.254. The molecule has 11 heavy (non-hydrogen) atoms. The fourth-order valence-electron chi connectivity index (χ4n) is 0.415. The molecular formula is C4H3N2NaO3S. The second-order valence-electron chi connectivity index (χ2n) is 1.49. The minimum atomic E-state index is -4.48. The summed E-state index contributed by atoms with van der Waals surface area (Å²) in [7, 11) is -4.48. The normalized spacial score (nSPS) is 10.3. The van der Waals surface area contributed by atoms with Crippen molar-refractivity contribution in [3.05, 3.63) is 18.5 Å². The number of hydrogen-bond acceptors (Lipinski definition) is 5. The van der Waals surface area contributed by atoms with Gasteiger partial charge in [0.1, 0.15) is 0 Å². The zero-order chi connectivity index (χ0) is 7.61. The summed E-state index contributed by atoms with van der Waals surface area (Å²) in [6, 6.07) is 1.43. The van der Waals surface area contributed by atoms with E-state index in [0.717, 1.165) is 0 Å². The minimum absolute atomic E-state index is 0. The van der Waals surface area contributed by atoms with Crippen LogP contribution in [0.3, 0.4) is 0 Å². The third kappa shape index (κ3) is 3.26. The van der Waals surface area contributed by atoms with Gasteiger partial charge in [0.15, 0.2) is 10.1 Å². The molecule has 0 aliphatic rings. The first-order valence-corrected chi connectivity index (χ1v) is 3.74. The first kappa shape index (κ1) is 11.0. The van der Waals surface area contributed by atoms with Gasteiger partial charge in [-0.15, -0.1) is 0 Å². The van der Waals surface area contributed by atoms with Crippen LogP contribution < -0.4 is 29.6 Å². The number of hydrogen-bond donors (Lipinski definition) is 0. The van der Waals surface area contributed by atoms with E-state index in [1.807, 2.05) is 0 Å². The monoisotopic (exact) mass is 182 g/mol. The largest absolute Gasteiger partial charge is 1.00 e. The van der Waals surface area contributed by atoms with Crippen LogP contribution in [0.2, 0.25) is 0 Å². The molecule has 0 fully saturated rings. The molecule has 0 bridgehead atoms. The molecule has 0 aliphatic carbocycles. The third-order valence-corrected chi connectivity index (χ3v) is 1.42. The molecule has 1 aromatic rings. The van der Waals surface area contributed by atoms with E-state index >= 15 is 0 Å². The fourth-order valence-corrected chi connectivity index (χ4v) is 0.794. The van der Waals surface area contributed by atoms with E-state index in [2.05, 4.69) is 9.97 Å². The molecule has 0 aromatic carbocycles. The number of aromatic nitrogens is 2. The summed E-state index contributed by atoms with van der Waals surface area (Å²) < 4.78 is 30.5. The van der Waals surface area contributed by atoms with Crippen molar-refractivity contribution < 1.29 is 42.5 Å². The van der Waals surface area contributed by atoms with Crippen molar-refractivity contribution in [2.45, 2.75) is 5.16 Å². The second kappa shape index (κ2) is 4.13. The van der Waals surface area contributed by atoms with Crippen molar-refractivity contribution in [2.75, 3.05) is 0 Å². The summed E-state index contributed by atoms with van der Waals surface area (Å²) in [5, 5.41) is -0.685. The molecule has 5 nitrogen and oxygen atoms in total. The SMILES string of the molecule is O=S(=O)([O-])c1ncccn1.[Na+]. The van der Waals surface area contributed by atoms with Crippen molar-refractivity contribution in [2.24, 2.45) is 0 Å². The van der Waals surface area contributed by atoms with Crippen LogP contribution in [0.25, 0.3) is 0 Å². The smallest absolute Gasteiger partial charge is 0.742 e. The van der Waals surface area contributed by atoms with Crippen LogP contribution in [-0.4, -0.2) is 22.9 Å². The molecule has 7 heteroatoms. The second-order valence-corrected chi connectivity index (χ2v) is 2.76. The van der Waals surface area contributed by atoms with Crippen molar-refractivity contribution in [1.29, 1.82) is 0 Å². The Labute approximate surface area is 85.9 Å². The maximum Gasteiger partial charge on any atom is 1.00 e. The Hall–Kier alpha value is -0.0100. The standard InChI is InChI=1S/C4H4N2O3S.Na/c7-10(8,9)4-5-2-1-3-6-4;/h1-3H,(H,7,8,9);/q;+1/p-1. The minimum Gasteiger partial charge on any atom is -0.742 e. The fraction of sp³-hybridized carbons (Fsp3) is 0. The topological polar surface area (TPSA) is 83.0 Å². The zero-order valence-corrected chi connectivity index (χ0v) is 8.58. The van der Waals surface area contributed by atoms with E-state index in [1.165, 1.54) is 18.5 Å². The first-order chi connectivity index (χ1) is 4.61. The summed E-state index contributed by atoms with van der Waals surface area (Å²) in [6.45, 7) is 0. The van der Waals surface area contributed by atoms with Crippen molar-refractivity contribution >= 4 is 10.1 Å². The summed E-state index contributed by atoms with van der Waals surface area (Å²) >= 11 is 0.